The third-order valence-electron chi connectivity index (χ3n) is 4.77. The highest BCUT2D eigenvalue weighted by molar-refractivity contribution is 5.07. The molecule has 0 spiro atoms. The van der Waals surface area contributed by atoms with Crippen LogP contribution in [0.1, 0.15) is 24.4 Å². The van der Waals surface area contributed by atoms with Crippen LogP contribution in [-0.2, 0) is 26.4 Å². The summed E-state index contributed by atoms with van der Waals surface area (Å²) >= 11 is 0. The molecule has 0 atom stereocenters. The Kier molecular flexibility index (Phi) is 4.44. The molecule has 114 valence electrons. The molecule has 1 aliphatic rings. The van der Waals surface area contributed by atoms with Gasteiger partial charge in [0.1, 0.15) is 5.82 Å². The van der Waals surface area contributed by atoms with Crippen molar-refractivity contribution in [2.45, 2.75) is 32.2 Å². The van der Waals surface area contributed by atoms with Gasteiger partial charge in [-0.2, -0.15) is 0 Å². The number of aryl methyl sites for hydroxylation is 3. The molecule has 0 bridgehead atoms. The lowest BCUT2D eigenvalue weighted by atomic mass is 9.93. The van der Waals surface area contributed by atoms with Crippen LogP contribution in [0.15, 0.2) is 30.7 Å². The van der Waals surface area contributed by atoms with E-state index in [0.29, 0.717) is 0 Å². The molecule has 0 unspecified atom stereocenters. The van der Waals surface area contributed by atoms with Gasteiger partial charge in [0, 0.05) is 50.7 Å². The van der Waals surface area contributed by atoms with E-state index in [9.17, 15) is 0 Å². The number of rotatable bonds is 5. The molecule has 0 N–H and O–H groups in total. The van der Waals surface area contributed by atoms with Crippen molar-refractivity contribution in [2.75, 3.05) is 20.1 Å². The van der Waals surface area contributed by atoms with Crippen LogP contribution in [0.5, 0.6) is 0 Å². The van der Waals surface area contributed by atoms with Crippen LogP contribution in [-0.4, -0.2) is 39.2 Å². The molecule has 0 aromatic carbocycles. The third kappa shape index (κ3) is 3.56. The maximum absolute atomic E-state index is 4.59. The van der Waals surface area contributed by atoms with Crippen molar-refractivity contribution >= 4 is 0 Å². The minimum absolute atomic E-state index is 0.803. The van der Waals surface area contributed by atoms with Crippen molar-refractivity contribution in [3.63, 3.8) is 0 Å². The van der Waals surface area contributed by atoms with E-state index in [0.717, 1.165) is 25.3 Å². The molecule has 0 amide bonds. The second-order valence-corrected chi connectivity index (χ2v) is 6.35. The van der Waals surface area contributed by atoms with Gasteiger partial charge in [-0.1, -0.05) is 0 Å². The summed E-state index contributed by atoms with van der Waals surface area (Å²) in [7, 11) is 4.33. The molecule has 2 aromatic heterocycles. The molecule has 1 fully saturated rings. The van der Waals surface area contributed by atoms with Crippen LogP contribution in [0.4, 0.5) is 0 Å². The van der Waals surface area contributed by atoms with Gasteiger partial charge in [0.25, 0.3) is 0 Å². The summed E-state index contributed by atoms with van der Waals surface area (Å²) in [6, 6.07) is 4.32. The standard InChI is InChI=1S/C17H26N4/c1-19-10-5-15(6-11-19)14-17-18-8-13-21(17)12-7-16-4-3-9-20(16)2/h3-4,8-9,13,15H,5-7,10-12,14H2,1-2H3. The van der Waals surface area contributed by atoms with E-state index in [1.807, 2.05) is 6.20 Å². The van der Waals surface area contributed by atoms with Crippen molar-refractivity contribution in [3.05, 3.63) is 42.2 Å². The van der Waals surface area contributed by atoms with Crippen LogP contribution in [0.3, 0.4) is 0 Å². The van der Waals surface area contributed by atoms with Gasteiger partial charge in [-0.25, -0.2) is 4.98 Å². The maximum Gasteiger partial charge on any atom is 0.108 e. The Morgan fingerprint density at radius 3 is 2.71 bits per heavy atom. The maximum atomic E-state index is 4.59. The largest absolute Gasteiger partial charge is 0.354 e. The molecule has 4 nitrogen and oxygen atoms in total. The Hall–Kier alpha value is -1.55. The normalized spacial score (nSPS) is 17.4. The molecule has 3 rings (SSSR count). The highest BCUT2D eigenvalue weighted by atomic mass is 15.1. The van der Waals surface area contributed by atoms with Gasteiger partial charge in [0.15, 0.2) is 0 Å². The molecule has 0 radical (unpaired) electrons. The zero-order chi connectivity index (χ0) is 14.7. The van der Waals surface area contributed by atoms with E-state index in [1.54, 1.807) is 0 Å². The van der Waals surface area contributed by atoms with Gasteiger partial charge in [0.2, 0.25) is 0 Å². The molecule has 3 heterocycles. The predicted molar refractivity (Wildman–Crippen MR) is 85.3 cm³/mol. The highest BCUT2D eigenvalue weighted by Crippen LogP contribution is 2.20. The zero-order valence-electron chi connectivity index (χ0n) is 13.2. The number of imidazole rings is 1. The smallest absolute Gasteiger partial charge is 0.108 e. The predicted octanol–water partition coefficient (Wildman–Crippen LogP) is 2.35. The summed E-state index contributed by atoms with van der Waals surface area (Å²) in [5, 5.41) is 0. The Bertz CT molecular complexity index is 561. The first-order valence-corrected chi connectivity index (χ1v) is 8.01. The lowest BCUT2D eigenvalue weighted by Gasteiger charge is -2.28. The molecule has 4 heteroatoms. The first kappa shape index (κ1) is 14.4. The molecule has 21 heavy (non-hydrogen) atoms. The van der Waals surface area contributed by atoms with Gasteiger partial charge in [-0.15, -0.1) is 0 Å². The van der Waals surface area contributed by atoms with Crippen molar-refractivity contribution in [2.24, 2.45) is 13.0 Å². The number of hydrogen-bond acceptors (Lipinski definition) is 2. The van der Waals surface area contributed by atoms with Gasteiger partial charge < -0.3 is 14.0 Å². The number of hydrogen-bond donors (Lipinski definition) is 0. The van der Waals surface area contributed by atoms with E-state index in [1.165, 1.54) is 37.4 Å². The van der Waals surface area contributed by atoms with Gasteiger partial charge in [-0.3, -0.25) is 0 Å². The van der Waals surface area contributed by atoms with E-state index in [4.69, 9.17) is 0 Å². The van der Waals surface area contributed by atoms with Gasteiger partial charge >= 0.3 is 0 Å². The molecule has 1 aliphatic heterocycles. The topological polar surface area (TPSA) is 26.0 Å². The molecule has 2 aromatic rings. The monoisotopic (exact) mass is 286 g/mol. The van der Waals surface area contributed by atoms with Crippen molar-refractivity contribution < 1.29 is 0 Å². The second kappa shape index (κ2) is 6.48. The first-order valence-electron chi connectivity index (χ1n) is 8.01. The summed E-state index contributed by atoms with van der Waals surface area (Å²) < 4.78 is 4.54. The first-order chi connectivity index (χ1) is 10.2. The summed E-state index contributed by atoms with van der Waals surface area (Å²) in [5.74, 6) is 2.07. The van der Waals surface area contributed by atoms with Crippen LogP contribution in [0, 0.1) is 5.92 Å². The van der Waals surface area contributed by atoms with Crippen molar-refractivity contribution in [1.82, 2.24) is 19.0 Å². The van der Waals surface area contributed by atoms with Crippen LogP contribution in [0.2, 0.25) is 0 Å². The number of likely N-dealkylation sites (tertiary alicyclic amines) is 1. The zero-order valence-corrected chi connectivity index (χ0v) is 13.2. The fraction of sp³-hybridized carbons (Fsp3) is 0.588. The van der Waals surface area contributed by atoms with Crippen molar-refractivity contribution in [1.29, 1.82) is 0 Å². The second-order valence-electron chi connectivity index (χ2n) is 6.35. The fourth-order valence-electron chi connectivity index (χ4n) is 3.25. The SMILES string of the molecule is CN1CCC(Cc2nccn2CCc2cccn2C)CC1. The quantitative estimate of drug-likeness (QED) is 0.843. The molecule has 1 saturated heterocycles. The van der Waals surface area contributed by atoms with E-state index >= 15 is 0 Å². The lowest BCUT2D eigenvalue weighted by molar-refractivity contribution is 0.216. The summed E-state index contributed by atoms with van der Waals surface area (Å²) in [6.45, 7) is 3.49. The van der Waals surface area contributed by atoms with E-state index < -0.39 is 0 Å². The minimum atomic E-state index is 0.803. The fourth-order valence-corrected chi connectivity index (χ4v) is 3.25. The van der Waals surface area contributed by atoms with Crippen molar-refractivity contribution in [3.8, 4) is 0 Å². The highest BCUT2D eigenvalue weighted by Gasteiger charge is 2.18. The summed E-state index contributed by atoms with van der Waals surface area (Å²) in [5.41, 5.74) is 1.38. The number of piperidine rings is 1. The van der Waals surface area contributed by atoms with E-state index in [-0.39, 0.29) is 0 Å². The third-order valence-corrected chi connectivity index (χ3v) is 4.77. The molecular weight excluding hydrogens is 260 g/mol. The Balaban J connectivity index is 1.57. The summed E-state index contributed by atoms with van der Waals surface area (Å²) in [6.07, 6.45) is 11.0. The Morgan fingerprint density at radius 1 is 1.19 bits per heavy atom. The average Bonchev–Trinajstić information content (AvgIpc) is 3.08. The van der Waals surface area contributed by atoms with Crippen LogP contribution >= 0.6 is 0 Å². The summed E-state index contributed by atoms with van der Waals surface area (Å²) in [4.78, 5) is 7.02. The molecule has 0 aliphatic carbocycles. The molecular formula is C17H26N4. The van der Waals surface area contributed by atoms with Crippen LogP contribution < -0.4 is 0 Å². The van der Waals surface area contributed by atoms with Gasteiger partial charge in [0.05, 0.1) is 0 Å². The van der Waals surface area contributed by atoms with E-state index in [2.05, 4.69) is 57.6 Å². The molecule has 0 saturated carbocycles. The van der Waals surface area contributed by atoms with Gasteiger partial charge in [-0.05, 0) is 51.0 Å². The lowest BCUT2D eigenvalue weighted by Crippen LogP contribution is -2.31. The minimum Gasteiger partial charge on any atom is -0.354 e. The van der Waals surface area contributed by atoms with Crippen LogP contribution in [0.25, 0.3) is 0 Å². The Morgan fingerprint density at radius 2 is 2.00 bits per heavy atom. The Labute approximate surface area is 127 Å². The number of aromatic nitrogens is 3. The average molecular weight is 286 g/mol. The number of nitrogens with zero attached hydrogens (tertiary/aromatic N) is 4.